The average Bonchev–Trinajstić information content (AvgIpc) is 2.62. The molecule has 2 rings (SSSR count). The standard InChI is InChI=1S/C13H21NO3/c1-9-10(15)7-13(9)5-6-14(8-13)11(16)17-12(2,3)4/h9H,5-8H2,1-4H3. The monoisotopic (exact) mass is 239 g/mol. The summed E-state index contributed by atoms with van der Waals surface area (Å²) < 4.78 is 5.35. The van der Waals surface area contributed by atoms with Gasteiger partial charge in [0.2, 0.25) is 0 Å². The zero-order valence-corrected chi connectivity index (χ0v) is 11.1. The Morgan fingerprint density at radius 1 is 1.47 bits per heavy atom. The largest absolute Gasteiger partial charge is 0.444 e. The van der Waals surface area contributed by atoms with E-state index in [2.05, 4.69) is 0 Å². The van der Waals surface area contributed by atoms with Gasteiger partial charge in [-0.15, -0.1) is 0 Å². The van der Waals surface area contributed by atoms with Crippen LogP contribution in [0.3, 0.4) is 0 Å². The minimum atomic E-state index is -0.451. The number of hydrogen-bond acceptors (Lipinski definition) is 3. The maximum absolute atomic E-state index is 11.9. The van der Waals surface area contributed by atoms with E-state index in [9.17, 15) is 9.59 Å². The van der Waals surface area contributed by atoms with Crippen molar-refractivity contribution < 1.29 is 14.3 Å². The highest BCUT2D eigenvalue weighted by molar-refractivity contribution is 5.89. The van der Waals surface area contributed by atoms with Crippen molar-refractivity contribution in [1.29, 1.82) is 0 Å². The van der Waals surface area contributed by atoms with Crippen LogP contribution in [0.1, 0.15) is 40.5 Å². The fraction of sp³-hybridized carbons (Fsp3) is 0.846. The first-order valence-electron chi connectivity index (χ1n) is 6.24. The van der Waals surface area contributed by atoms with Gasteiger partial charge in [0.25, 0.3) is 0 Å². The third-order valence-corrected chi connectivity index (χ3v) is 3.96. The van der Waals surface area contributed by atoms with Gasteiger partial charge >= 0.3 is 6.09 Å². The first-order valence-corrected chi connectivity index (χ1v) is 6.24. The van der Waals surface area contributed by atoms with Crippen molar-refractivity contribution in [1.82, 2.24) is 4.90 Å². The molecule has 2 unspecified atom stereocenters. The van der Waals surface area contributed by atoms with E-state index in [-0.39, 0.29) is 17.4 Å². The van der Waals surface area contributed by atoms with E-state index in [1.54, 1.807) is 4.90 Å². The Balaban J connectivity index is 1.95. The Hall–Kier alpha value is -1.06. The molecule has 2 aliphatic rings. The van der Waals surface area contributed by atoms with Gasteiger partial charge in [-0.3, -0.25) is 4.79 Å². The van der Waals surface area contributed by atoms with Gasteiger partial charge in [0.05, 0.1) is 0 Å². The molecule has 1 saturated carbocycles. The van der Waals surface area contributed by atoms with Crippen molar-refractivity contribution in [2.45, 2.75) is 46.1 Å². The number of ether oxygens (including phenoxy) is 1. The molecule has 4 nitrogen and oxygen atoms in total. The molecule has 1 aliphatic heterocycles. The van der Waals surface area contributed by atoms with Gasteiger partial charge in [0.1, 0.15) is 11.4 Å². The lowest BCUT2D eigenvalue weighted by Crippen LogP contribution is -2.49. The Bertz CT molecular complexity index is 358. The van der Waals surface area contributed by atoms with Crippen LogP contribution in [0.4, 0.5) is 4.79 Å². The van der Waals surface area contributed by atoms with Gasteiger partial charge < -0.3 is 9.64 Å². The maximum atomic E-state index is 11.9. The molecule has 96 valence electrons. The van der Waals surface area contributed by atoms with Crippen molar-refractivity contribution >= 4 is 11.9 Å². The van der Waals surface area contributed by atoms with Gasteiger partial charge in [-0.1, -0.05) is 6.92 Å². The lowest BCUT2D eigenvalue weighted by molar-refractivity contribution is -0.140. The number of likely N-dealkylation sites (tertiary alicyclic amines) is 1. The van der Waals surface area contributed by atoms with Crippen molar-refractivity contribution in [3.63, 3.8) is 0 Å². The molecule has 0 radical (unpaired) electrons. The number of Topliss-reactive ketones (excluding diaryl/α,β-unsaturated/α-hetero) is 1. The first kappa shape index (κ1) is 12.4. The molecular formula is C13H21NO3. The molecule has 0 aromatic rings. The summed E-state index contributed by atoms with van der Waals surface area (Å²) in [7, 11) is 0. The molecule has 4 heteroatoms. The molecule has 1 amide bonds. The Kier molecular flexibility index (Phi) is 2.71. The first-order chi connectivity index (χ1) is 7.73. The van der Waals surface area contributed by atoms with E-state index >= 15 is 0 Å². The quantitative estimate of drug-likeness (QED) is 0.651. The number of carbonyl (C=O) groups is 2. The normalized spacial score (nSPS) is 32.8. The van der Waals surface area contributed by atoms with Crippen LogP contribution >= 0.6 is 0 Å². The minimum Gasteiger partial charge on any atom is -0.444 e. The Labute approximate surface area is 102 Å². The van der Waals surface area contributed by atoms with Crippen LogP contribution in [0.5, 0.6) is 0 Å². The second-order valence-corrected chi connectivity index (χ2v) is 6.38. The number of rotatable bonds is 0. The van der Waals surface area contributed by atoms with Crippen LogP contribution in [0.2, 0.25) is 0 Å². The van der Waals surface area contributed by atoms with Crippen LogP contribution < -0.4 is 0 Å². The molecule has 1 aliphatic carbocycles. The summed E-state index contributed by atoms with van der Waals surface area (Å²) >= 11 is 0. The number of hydrogen-bond donors (Lipinski definition) is 0. The molecule has 0 N–H and O–H groups in total. The summed E-state index contributed by atoms with van der Waals surface area (Å²) in [5.41, 5.74) is -0.401. The molecule has 0 bridgehead atoms. The topological polar surface area (TPSA) is 46.6 Å². The molecule has 1 heterocycles. The number of carbonyl (C=O) groups excluding carboxylic acids is 2. The van der Waals surface area contributed by atoms with E-state index in [1.807, 2.05) is 27.7 Å². The van der Waals surface area contributed by atoms with Crippen molar-refractivity contribution in [2.75, 3.05) is 13.1 Å². The number of amides is 1. The lowest BCUT2D eigenvalue weighted by atomic mass is 9.59. The van der Waals surface area contributed by atoms with Crippen molar-refractivity contribution in [3.8, 4) is 0 Å². The van der Waals surface area contributed by atoms with Crippen LogP contribution in [0, 0.1) is 11.3 Å². The van der Waals surface area contributed by atoms with Crippen LogP contribution in [-0.2, 0) is 9.53 Å². The molecular weight excluding hydrogens is 218 g/mol. The maximum Gasteiger partial charge on any atom is 0.410 e. The summed E-state index contributed by atoms with van der Waals surface area (Å²) in [5.74, 6) is 0.436. The molecule has 2 fully saturated rings. The number of nitrogens with zero attached hydrogens (tertiary/aromatic N) is 1. The van der Waals surface area contributed by atoms with Gasteiger partial charge in [-0.25, -0.2) is 4.79 Å². The highest BCUT2D eigenvalue weighted by atomic mass is 16.6. The van der Waals surface area contributed by atoms with Gasteiger partial charge in [0.15, 0.2) is 0 Å². The zero-order valence-electron chi connectivity index (χ0n) is 11.1. The third-order valence-electron chi connectivity index (χ3n) is 3.96. The summed E-state index contributed by atoms with van der Waals surface area (Å²) in [6.45, 7) is 8.97. The summed E-state index contributed by atoms with van der Waals surface area (Å²) in [6, 6.07) is 0. The smallest absolute Gasteiger partial charge is 0.410 e. The Morgan fingerprint density at radius 3 is 2.59 bits per heavy atom. The van der Waals surface area contributed by atoms with E-state index in [4.69, 9.17) is 4.74 Å². The zero-order chi connectivity index (χ0) is 12.8. The highest BCUT2D eigenvalue weighted by Crippen LogP contribution is 2.50. The van der Waals surface area contributed by atoms with E-state index in [0.29, 0.717) is 25.3 Å². The lowest BCUT2D eigenvalue weighted by Gasteiger charge is -2.43. The molecule has 0 aromatic carbocycles. The van der Waals surface area contributed by atoms with Crippen LogP contribution in [-0.4, -0.2) is 35.5 Å². The van der Waals surface area contributed by atoms with Gasteiger partial charge in [-0.05, 0) is 27.2 Å². The molecule has 0 aromatic heterocycles. The second kappa shape index (κ2) is 3.72. The third kappa shape index (κ3) is 2.17. The van der Waals surface area contributed by atoms with Crippen molar-refractivity contribution in [2.24, 2.45) is 11.3 Å². The highest BCUT2D eigenvalue weighted by Gasteiger charge is 2.55. The second-order valence-electron chi connectivity index (χ2n) is 6.38. The average molecular weight is 239 g/mol. The summed E-state index contributed by atoms with van der Waals surface area (Å²) in [6.07, 6.45) is 1.31. The molecule has 17 heavy (non-hydrogen) atoms. The van der Waals surface area contributed by atoms with Crippen LogP contribution in [0.25, 0.3) is 0 Å². The van der Waals surface area contributed by atoms with Crippen LogP contribution in [0.15, 0.2) is 0 Å². The number of ketones is 1. The predicted octanol–water partition coefficient (Wildman–Crippen LogP) is 2.22. The molecule has 2 atom stereocenters. The fourth-order valence-electron chi connectivity index (χ4n) is 2.74. The van der Waals surface area contributed by atoms with Gasteiger partial charge in [0, 0.05) is 30.8 Å². The fourth-order valence-corrected chi connectivity index (χ4v) is 2.74. The van der Waals surface area contributed by atoms with E-state index in [1.165, 1.54) is 0 Å². The van der Waals surface area contributed by atoms with Gasteiger partial charge in [-0.2, -0.15) is 0 Å². The molecule has 1 spiro atoms. The summed E-state index contributed by atoms with van der Waals surface area (Å²) in [5, 5.41) is 0. The van der Waals surface area contributed by atoms with Crippen molar-refractivity contribution in [3.05, 3.63) is 0 Å². The predicted molar refractivity (Wildman–Crippen MR) is 63.6 cm³/mol. The van der Waals surface area contributed by atoms with E-state index in [0.717, 1.165) is 6.42 Å². The minimum absolute atomic E-state index is 0.0496. The SMILES string of the molecule is CC1C(=O)CC12CCN(C(=O)OC(C)(C)C)C2. The van der Waals surface area contributed by atoms with E-state index < -0.39 is 5.60 Å². The molecule has 1 saturated heterocycles. The Morgan fingerprint density at radius 2 is 2.12 bits per heavy atom. The summed E-state index contributed by atoms with van der Waals surface area (Å²) in [4.78, 5) is 25.0.